The molecule has 0 heterocycles. The SMILES string of the molecule is Oc1ccc(C2Cc3c(cc(O)c(F)c3F)C2c2ccccc2)cc1. The van der Waals surface area contributed by atoms with E-state index in [1.54, 1.807) is 24.3 Å². The molecule has 0 saturated heterocycles. The summed E-state index contributed by atoms with van der Waals surface area (Å²) >= 11 is 0. The molecule has 4 rings (SSSR count). The number of hydrogen-bond donors (Lipinski definition) is 2. The number of phenolic OH excluding ortho intramolecular Hbond substituents is 2. The van der Waals surface area contributed by atoms with Gasteiger partial charge in [0.1, 0.15) is 5.75 Å². The Morgan fingerprint density at radius 3 is 2.16 bits per heavy atom. The van der Waals surface area contributed by atoms with E-state index in [0.29, 0.717) is 17.5 Å². The first kappa shape index (κ1) is 15.6. The molecule has 126 valence electrons. The maximum absolute atomic E-state index is 14.4. The lowest BCUT2D eigenvalue weighted by Crippen LogP contribution is -2.07. The van der Waals surface area contributed by atoms with Crippen LogP contribution in [0.2, 0.25) is 0 Å². The number of fused-ring (bicyclic) bond motifs is 1. The van der Waals surface area contributed by atoms with Gasteiger partial charge in [-0.05, 0) is 52.8 Å². The molecule has 4 heteroatoms. The van der Waals surface area contributed by atoms with E-state index in [9.17, 15) is 19.0 Å². The minimum atomic E-state index is -1.20. The molecule has 1 aliphatic rings. The van der Waals surface area contributed by atoms with Crippen LogP contribution in [-0.2, 0) is 6.42 Å². The summed E-state index contributed by atoms with van der Waals surface area (Å²) in [6, 6.07) is 17.7. The van der Waals surface area contributed by atoms with E-state index < -0.39 is 17.4 Å². The summed E-state index contributed by atoms with van der Waals surface area (Å²) in [4.78, 5) is 0. The molecule has 0 amide bonds. The summed E-state index contributed by atoms with van der Waals surface area (Å²) in [5.74, 6) is -2.97. The third kappa shape index (κ3) is 2.54. The van der Waals surface area contributed by atoms with Gasteiger partial charge in [-0.25, -0.2) is 4.39 Å². The van der Waals surface area contributed by atoms with Crippen molar-refractivity contribution in [2.24, 2.45) is 0 Å². The second kappa shape index (κ2) is 5.88. The predicted octanol–water partition coefficient (Wildman–Crippen LogP) is 4.85. The summed E-state index contributed by atoms with van der Waals surface area (Å²) in [5, 5.41) is 19.3. The summed E-state index contributed by atoms with van der Waals surface area (Å²) in [6.07, 6.45) is 0.336. The Bertz CT molecular complexity index is 921. The molecule has 0 spiro atoms. The average Bonchev–Trinajstić information content (AvgIpc) is 3.00. The first-order valence-corrected chi connectivity index (χ1v) is 8.10. The van der Waals surface area contributed by atoms with E-state index in [-0.39, 0.29) is 17.6 Å². The van der Waals surface area contributed by atoms with Gasteiger partial charge in [-0.15, -0.1) is 0 Å². The van der Waals surface area contributed by atoms with E-state index in [0.717, 1.165) is 11.1 Å². The van der Waals surface area contributed by atoms with Crippen LogP contribution in [0.15, 0.2) is 60.7 Å². The van der Waals surface area contributed by atoms with Gasteiger partial charge in [0.25, 0.3) is 0 Å². The molecule has 3 aromatic rings. The molecule has 0 saturated carbocycles. The molecule has 0 radical (unpaired) electrons. The lowest BCUT2D eigenvalue weighted by molar-refractivity contribution is 0.404. The van der Waals surface area contributed by atoms with Crippen LogP contribution < -0.4 is 0 Å². The second-order valence-corrected chi connectivity index (χ2v) is 6.38. The molecule has 0 aromatic heterocycles. The highest BCUT2D eigenvalue weighted by atomic mass is 19.2. The highest BCUT2D eigenvalue weighted by molar-refractivity contribution is 5.52. The van der Waals surface area contributed by atoms with Crippen molar-refractivity contribution in [3.63, 3.8) is 0 Å². The molecule has 0 bridgehead atoms. The summed E-state index contributed by atoms with van der Waals surface area (Å²) in [6.45, 7) is 0. The third-order valence-corrected chi connectivity index (χ3v) is 4.96. The maximum Gasteiger partial charge on any atom is 0.200 e. The number of phenols is 2. The summed E-state index contributed by atoms with van der Waals surface area (Å²) in [7, 11) is 0. The van der Waals surface area contributed by atoms with Gasteiger partial charge >= 0.3 is 0 Å². The smallest absolute Gasteiger partial charge is 0.200 e. The first-order valence-electron chi connectivity index (χ1n) is 8.10. The fourth-order valence-electron chi connectivity index (χ4n) is 3.81. The van der Waals surface area contributed by atoms with Crippen molar-refractivity contribution >= 4 is 0 Å². The number of hydrogen-bond acceptors (Lipinski definition) is 2. The highest BCUT2D eigenvalue weighted by Crippen LogP contribution is 2.50. The third-order valence-electron chi connectivity index (χ3n) is 4.96. The van der Waals surface area contributed by atoms with Crippen LogP contribution in [0.3, 0.4) is 0 Å². The Morgan fingerprint density at radius 1 is 0.800 bits per heavy atom. The molecular formula is C21H16F2O2. The quantitative estimate of drug-likeness (QED) is 0.701. The molecule has 2 N–H and O–H groups in total. The summed E-state index contributed by atoms with van der Waals surface area (Å²) in [5.41, 5.74) is 2.83. The van der Waals surface area contributed by atoms with Gasteiger partial charge in [-0.1, -0.05) is 42.5 Å². The topological polar surface area (TPSA) is 40.5 Å². The van der Waals surface area contributed by atoms with Gasteiger partial charge in [0.2, 0.25) is 5.82 Å². The molecular weight excluding hydrogens is 322 g/mol. The Hall–Kier alpha value is -2.88. The van der Waals surface area contributed by atoms with Gasteiger partial charge in [0.05, 0.1) is 0 Å². The fourth-order valence-corrected chi connectivity index (χ4v) is 3.81. The van der Waals surface area contributed by atoms with E-state index in [4.69, 9.17) is 0 Å². The van der Waals surface area contributed by atoms with E-state index >= 15 is 0 Å². The predicted molar refractivity (Wildman–Crippen MR) is 90.9 cm³/mol. The van der Waals surface area contributed by atoms with Crippen molar-refractivity contribution < 1.29 is 19.0 Å². The molecule has 0 fully saturated rings. The Balaban J connectivity index is 1.90. The average molecular weight is 338 g/mol. The lowest BCUT2D eigenvalue weighted by atomic mass is 9.82. The Labute approximate surface area is 144 Å². The zero-order valence-electron chi connectivity index (χ0n) is 13.3. The zero-order valence-corrected chi connectivity index (χ0v) is 13.3. The molecule has 25 heavy (non-hydrogen) atoms. The molecule has 2 unspecified atom stereocenters. The number of aromatic hydroxyl groups is 2. The first-order chi connectivity index (χ1) is 12.1. The minimum Gasteiger partial charge on any atom is -0.508 e. The van der Waals surface area contributed by atoms with Crippen molar-refractivity contribution in [2.75, 3.05) is 0 Å². The standard InChI is InChI=1S/C21H16F2O2/c22-20-17-10-15(12-6-8-14(24)9-7-12)19(13-4-2-1-3-5-13)16(17)11-18(25)21(20)23/h1-9,11,15,19,24-25H,10H2. The monoisotopic (exact) mass is 338 g/mol. The van der Waals surface area contributed by atoms with Crippen molar-refractivity contribution in [1.82, 2.24) is 0 Å². The fraction of sp³-hybridized carbons (Fsp3) is 0.143. The minimum absolute atomic E-state index is 0.103. The number of rotatable bonds is 2. The number of benzene rings is 3. The van der Waals surface area contributed by atoms with Gasteiger partial charge in [0.15, 0.2) is 11.6 Å². The van der Waals surface area contributed by atoms with Crippen LogP contribution in [0.5, 0.6) is 11.5 Å². The zero-order chi connectivity index (χ0) is 17.6. The molecule has 0 aliphatic heterocycles. The van der Waals surface area contributed by atoms with Crippen molar-refractivity contribution in [1.29, 1.82) is 0 Å². The number of halogens is 2. The normalized spacial score (nSPS) is 19.0. The van der Waals surface area contributed by atoms with Gasteiger partial charge in [0, 0.05) is 5.92 Å². The van der Waals surface area contributed by atoms with Gasteiger partial charge in [-0.3, -0.25) is 0 Å². The molecule has 1 aliphatic carbocycles. The molecule has 2 atom stereocenters. The van der Waals surface area contributed by atoms with Gasteiger partial charge < -0.3 is 10.2 Å². The maximum atomic E-state index is 14.4. The largest absolute Gasteiger partial charge is 0.508 e. The highest BCUT2D eigenvalue weighted by Gasteiger charge is 2.38. The molecule has 2 nitrogen and oxygen atoms in total. The van der Waals surface area contributed by atoms with E-state index in [1.165, 1.54) is 6.07 Å². The Morgan fingerprint density at radius 2 is 1.48 bits per heavy atom. The second-order valence-electron chi connectivity index (χ2n) is 6.38. The van der Waals surface area contributed by atoms with Crippen LogP contribution >= 0.6 is 0 Å². The van der Waals surface area contributed by atoms with Crippen molar-refractivity contribution in [3.05, 3.63) is 94.6 Å². The van der Waals surface area contributed by atoms with Crippen LogP contribution in [-0.4, -0.2) is 10.2 Å². The van der Waals surface area contributed by atoms with Crippen LogP contribution in [0.25, 0.3) is 0 Å². The van der Waals surface area contributed by atoms with E-state index in [1.807, 2.05) is 30.3 Å². The van der Waals surface area contributed by atoms with Gasteiger partial charge in [-0.2, -0.15) is 4.39 Å². The summed E-state index contributed by atoms with van der Waals surface area (Å²) < 4.78 is 28.3. The van der Waals surface area contributed by atoms with E-state index in [2.05, 4.69) is 0 Å². The van der Waals surface area contributed by atoms with Crippen molar-refractivity contribution in [2.45, 2.75) is 18.3 Å². The van der Waals surface area contributed by atoms with Crippen LogP contribution in [0.4, 0.5) is 8.78 Å². The van der Waals surface area contributed by atoms with Crippen LogP contribution in [0, 0.1) is 11.6 Å². The molecule has 3 aromatic carbocycles. The van der Waals surface area contributed by atoms with Crippen molar-refractivity contribution in [3.8, 4) is 11.5 Å². The lowest BCUT2D eigenvalue weighted by Gasteiger charge is -2.22. The Kier molecular flexibility index (Phi) is 3.68. The van der Waals surface area contributed by atoms with Crippen LogP contribution in [0.1, 0.15) is 34.1 Å².